The van der Waals surface area contributed by atoms with Crippen molar-refractivity contribution < 1.29 is 18.8 Å². The highest BCUT2D eigenvalue weighted by molar-refractivity contribution is 5.78. The average Bonchev–Trinajstić information content (AvgIpc) is 3.14. The highest BCUT2D eigenvalue weighted by Crippen LogP contribution is 2.26. The maximum Gasteiger partial charge on any atom is 0.252 e. The van der Waals surface area contributed by atoms with Gasteiger partial charge in [-0.15, -0.1) is 0 Å². The third-order valence-corrected chi connectivity index (χ3v) is 4.79. The van der Waals surface area contributed by atoms with E-state index < -0.39 is 0 Å². The number of methoxy groups -OCH3 is 1. The smallest absolute Gasteiger partial charge is 0.252 e. The second-order valence-electron chi connectivity index (χ2n) is 6.91. The lowest BCUT2D eigenvalue weighted by Gasteiger charge is -2.30. The summed E-state index contributed by atoms with van der Waals surface area (Å²) in [4.78, 5) is 18.9. The summed E-state index contributed by atoms with van der Waals surface area (Å²) in [7, 11) is 1.63. The highest BCUT2D eigenvalue weighted by atomic mass is 16.5. The maximum absolute atomic E-state index is 12.5. The number of benzene rings is 1. The van der Waals surface area contributed by atoms with Crippen molar-refractivity contribution in [2.24, 2.45) is 0 Å². The van der Waals surface area contributed by atoms with Gasteiger partial charge >= 0.3 is 0 Å². The summed E-state index contributed by atoms with van der Waals surface area (Å²) >= 11 is 0. The number of aryl methyl sites for hydroxylation is 1. The molecule has 1 aromatic carbocycles. The number of nitrogens with zero attached hydrogens (tertiary/aromatic N) is 3. The lowest BCUT2D eigenvalue weighted by molar-refractivity contribution is -0.131. The van der Waals surface area contributed by atoms with E-state index in [1.165, 1.54) is 5.56 Å². The molecule has 0 saturated carbocycles. The maximum atomic E-state index is 12.5. The first-order chi connectivity index (χ1) is 13.2. The van der Waals surface area contributed by atoms with Gasteiger partial charge in [-0.1, -0.05) is 35.0 Å². The predicted octanol–water partition coefficient (Wildman–Crippen LogP) is 2.49. The van der Waals surface area contributed by atoms with Gasteiger partial charge in [0.05, 0.1) is 19.6 Å². The second kappa shape index (κ2) is 9.62. The van der Waals surface area contributed by atoms with Crippen molar-refractivity contribution in [3.8, 4) is 0 Å². The van der Waals surface area contributed by atoms with Gasteiger partial charge in [0.2, 0.25) is 5.91 Å². The van der Waals surface area contributed by atoms with Crippen LogP contribution in [0.15, 0.2) is 28.8 Å². The summed E-state index contributed by atoms with van der Waals surface area (Å²) in [6, 6.07) is 8.12. The molecule has 146 valence electrons. The summed E-state index contributed by atoms with van der Waals surface area (Å²) in [6.07, 6.45) is 2.16. The summed E-state index contributed by atoms with van der Waals surface area (Å²) in [5.74, 6) is 1.61. The summed E-state index contributed by atoms with van der Waals surface area (Å²) in [5, 5.41) is 4.09. The summed E-state index contributed by atoms with van der Waals surface area (Å²) in [6.45, 7) is 4.82. The zero-order chi connectivity index (χ0) is 19.1. The first kappa shape index (κ1) is 19.5. The molecule has 1 aliphatic heterocycles. The molecule has 1 amide bonds. The number of rotatable bonds is 8. The lowest BCUT2D eigenvalue weighted by atomic mass is 9.95. The zero-order valence-electron chi connectivity index (χ0n) is 16.0. The minimum atomic E-state index is 0.180. The van der Waals surface area contributed by atoms with E-state index in [0.29, 0.717) is 38.0 Å². The molecule has 2 aromatic rings. The van der Waals surface area contributed by atoms with Gasteiger partial charge in [-0.25, -0.2) is 0 Å². The fourth-order valence-electron chi connectivity index (χ4n) is 3.29. The lowest BCUT2D eigenvalue weighted by Crippen LogP contribution is -2.39. The van der Waals surface area contributed by atoms with Crippen molar-refractivity contribution in [1.29, 1.82) is 0 Å². The zero-order valence-corrected chi connectivity index (χ0v) is 16.0. The van der Waals surface area contributed by atoms with Crippen molar-refractivity contribution in [2.75, 3.05) is 33.4 Å². The standard InChI is InChI=1S/C20H27N3O4/c1-15-4-3-5-16(12-15)13-19(24)23-8-6-17(7-9-23)20-21-18(27-22-20)14-26-11-10-25-2/h3-5,12,17H,6-11,13-14H2,1-2H3. The first-order valence-corrected chi connectivity index (χ1v) is 9.38. The molecule has 27 heavy (non-hydrogen) atoms. The SMILES string of the molecule is COCCOCc1nc(C2CCN(C(=O)Cc3cccc(C)c3)CC2)no1. The van der Waals surface area contributed by atoms with Crippen LogP contribution in [0.4, 0.5) is 0 Å². The molecule has 7 heteroatoms. The van der Waals surface area contributed by atoms with Gasteiger partial charge in [0.25, 0.3) is 5.89 Å². The third kappa shape index (κ3) is 5.61. The Balaban J connectivity index is 1.46. The topological polar surface area (TPSA) is 77.7 Å². The molecular weight excluding hydrogens is 346 g/mol. The van der Waals surface area contributed by atoms with E-state index in [0.717, 1.165) is 31.5 Å². The number of carbonyl (C=O) groups excluding carboxylic acids is 1. The first-order valence-electron chi connectivity index (χ1n) is 9.38. The van der Waals surface area contributed by atoms with E-state index in [1.807, 2.05) is 30.0 Å². The van der Waals surface area contributed by atoms with Crippen LogP contribution in [0.2, 0.25) is 0 Å². The van der Waals surface area contributed by atoms with Crippen molar-refractivity contribution in [2.45, 2.75) is 38.7 Å². The Kier molecular flexibility index (Phi) is 6.95. The van der Waals surface area contributed by atoms with Crippen LogP contribution in [0, 0.1) is 6.92 Å². The van der Waals surface area contributed by atoms with Crippen molar-refractivity contribution in [3.63, 3.8) is 0 Å². The molecule has 3 rings (SSSR count). The van der Waals surface area contributed by atoms with Gasteiger partial charge in [-0.3, -0.25) is 4.79 Å². The minimum absolute atomic E-state index is 0.180. The Labute approximate surface area is 159 Å². The van der Waals surface area contributed by atoms with Crippen LogP contribution in [-0.4, -0.2) is 54.4 Å². The van der Waals surface area contributed by atoms with E-state index in [1.54, 1.807) is 7.11 Å². The van der Waals surface area contributed by atoms with E-state index in [9.17, 15) is 4.79 Å². The summed E-state index contributed by atoms with van der Waals surface area (Å²) in [5.41, 5.74) is 2.25. The molecule has 0 bridgehead atoms. The van der Waals surface area contributed by atoms with Crippen molar-refractivity contribution in [3.05, 3.63) is 47.1 Å². The normalized spacial score (nSPS) is 15.3. The van der Waals surface area contributed by atoms with Gasteiger partial charge < -0.3 is 18.9 Å². The Bertz CT molecular complexity index is 738. The fraction of sp³-hybridized carbons (Fsp3) is 0.550. The molecule has 2 heterocycles. The van der Waals surface area contributed by atoms with Gasteiger partial charge in [0.15, 0.2) is 5.82 Å². The Morgan fingerprint density at radius 2 is 2.11 bits per heavy atom. The number of ether oxygens (including phenoxy) is 2. The molecule has 0 aliphatic carbocycles. The van der Waals surface area contributed by atoms with Crippen LogP contribution in [0.25, 0.3) is 0 Å². The van der Waals surface area contributed by atoms with Gasteiger partial charge in [-0.2, -0.15) is 4.98 Å². The number of carbonyl (C=O) groups is 1. The monoisotopic (exact) mass is 373 g/mol. The van der Waals surface area contributed by atoms with Gasteiger partial charge in [-0.05, 0) is 25.3 Å². The van der Waals surface area contributed by atoms with E-state index in [2.05, 4.69) is 16.2 Å². The van der Waals surface area contributed by atoms with Gasteiger partial charge in [0.1, 0.15) is 6.61 Å². The molecular formula is C20H27N3O4. The molecule has 1 aromatic heterocycles. The number of amides is 1. The quantitative estimate of drug-likeness (QED) is 0.662. The average molecular weight is 373 g/mol. The van der Waals surface area contributed by atoms with Crippen LogP contribution < -0.4 is 0 Å². The fourth-order valence-corrected chi connectivity index (χ4v) is 3.29. The van der Waals surface area contributed by atoms with Crippen LogP contribution in [0.5, 0.6) is 0 Å². The Morgan fingerprint density at radius 3 is 2.85 bits per heavy atom. The van der Waals surface area contributed by atoms with E-state index in [-0.39, 0.29) is 11.8 Å². The number of likely N-dealkylation sites (tertiary alicyclic amines) is 1. The summed E-state index contributed by atoms with van der Waals surface area (Å²) < 4.78 is 15.6. The highest BCUT2D eigenvalue weighted by Gasteiger charge is 2.27. The van der Waals surface area contributed by atoms with Gasteiger partial charge in [0, 0.05) is 26.1 Å². The molecule has 1 aliphatic rings. The molecule has 7 nitrogen and oxygen atoms in total. The van der Waals surface area contributed by atoms with Crippen LogP contribution in [-0.2, 0) is 27.3 Å². The van der Waals surface area contributed by atoms with Crippen molar-refractivity contribution >= 4 is 5.91 Å². The number of hydrogen-bond donors (Lipinski definition) is 0. The van der Waals surface area contributed by atoms with Crippen LogP contribution in [0.1, 0.15) is 41.6 Å². The largest absolute Gasteiger partial charge is 0.382 e. The third-order valence-electron chi connectivity index (χ3n) is 4.79. The molecule has 0 atom stereocenters. The number of aromatic nitrogens is 2. The molecule has 0 radical (unpaired) electrons. The molecule has 1 fully saturated rings. The molecule has 0 spiro atoms. The molecule has 0 unspecified atom stereocenters. The predicted molar refractivity (Wildman–Crippen MR) is 99.3 cm³/mol. The number of hydrogen-bond acceptors (Lipinski definition) is 6. The van der Waals surface area contributed by atoms with Crippen LogP contribution in [0.3, 0.4) is 0 Å². The van der Waals surface area contributed by atoms with Crippen LogP contribution >= 0.6 is 0 Å². The second-order valence-corrected chi connectivity index (χ2v) is 6.91. The van der Waals surface area contributed by atoms with E-state index in [4.69, 9.17) is 14.0 Å². The Hall–Kier alpha value is -2.25. The minimum Gasteiger partial charge on any atom is -0.382 e. The Morgan fingerprint density at radius 1 is 1.30 bits per heavy atom. The van der Waals surface area contributed by atoms with E-state index >= 15 is 0 Å². The molecule has 1 saturated heterocycles. The molecule has 0 N–H and O–H groups in total. The van der Waals surface area contributed by atoms with Crippen molar-refractivity contribution in [1.82, 2.24) is 15.0 Å². The number of piperidine rings is 1.